The molecular weight excluding hydrogens is 273 g/mol. The maximum atomic E-state index is 9.55. The summed E-state index contributed by atoms with van der Waals surface area (Å²) in [5.41, 5.74) is 0.738. The minimum atomic E-state index is 0. The second-order valence-electron chi connectivity index (χ2n) is 3.13. The summed E-state index contributed by atoms with van der Waals surface area (Å²) in [6.07, 6.45) is 0. The number of aromatic hydroxyl groups is 1. The largest absolute Gasteiger partial charge is 2.00 e. The quantitative estimate of drug-likeness (QED) is 0.844. The Morgan fingerprint density at radius 2 is 1.86 bits per heavy atom. The summed E-state index contributed by atoms with van der Waals surface area (Å²) in [6, 6.07) is 3.24. The zero-order valence-corrected chi connectivity index (χ0v) is 10.3. The molecule has 1 rings (SSSR count). The van der Waals surface area contributed by atoms with Crippen molar-refractivity contribution in [2.24, 2.45) is 0 Å². The maximum absolute atomic E-state index is 9.55. The number of hydrogen-bond acceptors (Lipinski definition) is 2. The molecule has 0 saturated heterocycles. The third-order valence-corrected chi connectivity index (χ3v) is 2.10. The number of hydrogen-bond donors (Lipinski definition) is 1. The van der Waals surface area contributed by atoms with Crippen LogP contribution in [-0.4, -0.2) is 24.1 Å². The van der Waals surface area contributed by atoms with Gasteiger partial charge in [0.1, 0.15) is 5.75 Å². The third-order valence-electron chi connectivity index (χ3n) is 1.59. The minimum Gasteiger partial charge on any atom is -0.506 e. The molecule has 0 aliphatic carbocycles. The van der Waals surface area contributed by atoms with Gasteiger partial charge < -0.3 is 10.0 Å². The van der Waals surface area contributed by atoms with E-state index in [9.17, 15) is 5.11 Å². The van der Waals surface area contributed by atoms with Crippen molar-refractivity contribution in [3.63, 3.8) is 0 Å². The zero-order chi connectivity index (χ0) is 10.0. The SMILES string of the molecule is CN(C)Cc1cc(Cl)cc(Cl)c1O.[Cu+2]. The maximum Gasteiger partial charge on any atom is 2.00 e. The first kappa shape index (κ1) is 14.1. The first-order chi connectivity index (χ1) is 6.00. The Labute approximate surface area is 104 Å². The minimum absolute atomic E-state index is 0. The average Bonchev–Trinajstić information content (AvgIpc) is 1.98. The normalized spacial score (nSPS) is 10.1. The molecule has 1 aromatic carbocycles. The summed E-state index contributed by atoms with van der Waals surface area (Å²) in [5.74, 6) is 0.111. The van der Waals surface area contributed by atoms with Crippen molar-refractivity contribution in [1.82, 2.24) is 4.90 Å². The van der Waals surface area contributed by atoms with Gasteiger partial charge in [0.2, 0.25) is 0 Å². The monoisotopic (exact) mass is 282 g/mol. The Bertz CT molecular complexity index is 318. The molecule has 1 N–H and O–H groups in total. The molecule has 14 heavy (non-hydrogen) atoms. The summed E-state index contributed by atoms with van der Waals surface area (Å²) < 4.78 is 0. The van der Waals surface area contributed by atoms with Crippen LogP contribution in [0.1, 0.15) is 5.56 Å². The van der Waals surface area contributed by atoms with E-state index in [0.29, 0.717) is 16.6 Å². The molecule has 5 heteroatoms. The van der Waals surface area contributed by atoms with Gasteiger partial charge in [0.15, 0.2) is 0 Å². The van der Waals surface area contributed by atoms with Gasteiger partial charge in [0, 0.05) is 17.1 Å². The predicted molar refractivity (Wildman–Crippen MR) is 55.5 cm³/mol. The summed E-state index contributed by atoms with van der Waals surface area (Å²) in [5, 5.41) is 10.4. The smallest absolute Gasteiger partial charge is 0.506 e. The molecule has 0 fully saturated rings. The molecule has 0 aliphatic heterocycles. The number of phenols is 1. The van der Waals surface area contributed by atoms with Crippen molar-refractivity contribution in [1.29, 1.82) is 0 Å². The van der Waals surface area contributed by atoms with E-state index in [-0.39, 0.29) is 22.8 Å². The van der Waals surface area contributed by atoms with Crippen LogP contribution in [0.25, 0.3) is 0 Å². The van der Waals surface area contributed by atoms with E-state index in [0.717, 1.165) is 5.56 Å². The van der Waals surface area contributed by atoms with Gasteiger partial charge in [-0.25, -0.2) is 0 Å². The van der Waals surface area contributed by atoms with Crippen molar-refractivity contribution >= 4 is 23.2 Å². The van der Waals surface area contributed by atoms with Gasteiger partial charge in [-0.05, 0) is 26.2 Å². The van der Waals surface area contributed by atoms with Gasteiger partial charge >= 0.3 is 17.1 Å². The summed E-state index contributed by atoms with van der Waals surface area (Å²) in [4.78, 5) is 1.93. The molecule has 2 nitrogen and oxygen atoms in total. The van der Waals surface area contributed by atoms with E-state index in [2.05, 4.69) is 0 Å². The van der Waals surface area contributed by atoms with E-state index in [4.69, 9.17) is 23.2 Å². The van der Waals surface area contributed by atoms with Crippen molar-refractivity contribution in [3.05, 3.63) is 27.7 Å². The topological polar surface area (TPSA) is 23.5 Å². The third kappa shape index (κ3) is 3.68. The molecule has 1 aromatic rings. The second kappa shape index (κ2) is 5.84. The van der Waals surface area contributed by atoms with Crippen LogP contribution < -0.4 is 0 Å². The Balaban J connectivity index is 0.00000169. The number of benzene rings is 1. The molecule has 1 radical (unpaired) electrons. The zero-order valence-electron chi connectivity index (χ0n) is 7.81. The van der Waals surface area contributed by atoms with Gasteiger partial charge in [-0.2, -0.15) is 0 Å². The van der Waals surface area contributed by atoms with Crippen molar-refractivity contribution < 1.29 is 22.2 Å². The van der Waals surface area contributed by atoms with Crippen LogP contribution in [0.5, 0.6) is 5.75 Å². The van der Waals surface area contributed by atoms with Crippen LogP contribution in [-0.2, 0) is 23.6 Å². The van der Waals surface area contributed by atoms with Crippen molar-refractivity contribution in [2.75, 3.05) is 14.1 Å². The Hall–Kier alpha value is 0.0795. The Morgan fingerprint density at radius 3 is 2.36 bits per heavy atom. The van der Waals surface area contributed by atoms with E-state index in [1.807, 2.05) is 19.0 Å². The molecule has 0 bridgehead atoms. The van der Waals surface area contributed by atoms with E-state index >= 15 is 0 Å². The molecule has 0 atom stereocenters. The molecule has 81 valence electrons. The van der Waals surface area contributed by atoms with Gasteiger partial charge in [0.25, 0.3) is 0 Å². The molecule has 0 aromatic heterocycles. The molecule has 0 unspecified atom stereocenters. The fraction of sp³-hybridized carbons (Fsp3) is 0.333. The number of halogens is 2. The van der Waals surface area contributed by atoms with Crippen LogP contribution in [0.2, 0.25) is 10.0 Å². The van der Waals surface area contributed by atoms with Crippen LogP contribution >= 0.6 is 23.2 Å². The molecule has 0 heterocycles. The van der Waals surface area contributed by atoms with E-state index < -0.39 is 0 Å². The molecule has 0 saturated carbocycles. The first-order valence-corrected chi connectivity index (χ1v) is 4.58. The van der Waals surface area contributed by atoms with Gasteiger partial charge in [0.05, 0.1) is 5.02 Å². The van der Waals surface area contributed by atoms with Crippen LogP contribution in [0.4, 0.5) is 0 Å². The predicted octanol–water partition coefficient (Wildman–Crippen LogP) is 2.76. The average molecular weight is 284 g/mol. The Morgan fingerprint density at radius 1 is 1.29 bits per heavy atom. The van der Waals surface area contributed by atoms with Gasteiger partial charge in [-0.15, -0.1) is 0 Å². The number of rotatable bonds is 2. The molecule has 0 amide bonds. The van der Waals surface area contributed by atoms with Crippen LogP contribution in [0.15, 0.2) is 12.1 Å². The molecular formula is C9H11Cl2CuNO+2. The molecule has 0 aliphatic rings. The summed E-state index contributed by atoms with van der Waals surface area (Å²) in [7, 11) is 3.82. The van der Waals surface area contributed by atoms with E-state index in [1.165, 1.54) is 6.07 Å². The fourth-order valence-electron chi connectivity index (χ4n) is 1.08. The first-order valence-electron chi connectivity index (χ1n) is 3.82. The Kier molecular flexibility index (Phi) is 5.87. The van der Waals surface area contributed by atoms with Crippen molar-refractivity contribution in [3.8, 4) is 5.75 Å². The van der Waals surface area contributed by atoms with Crippen LogP contribution in [0, 0.1) is 0 Å². The van der Waals surface area contributed by atoms with Gasteiger partial charge in [-0.1, -0.05) is 23.2 Å². The van der Waals surface area contributed by atoms with E-state index in [1.54, 1.807) is 6.07 Å². The standard InChI is InChI=1S/C9H11Cl2NO.Cu/c1-12(2)5-6-3-7(10)4-8(11)9(6)13;/h3-4,13H,5H2,1-2H3;/q;+2. The summed E-state index contributed by atoms with van der Waals surface area (Å²) in [6.45, 7) is 0.617. The van der Waals surface area contributed by atoms with Crippen molar-refractivity contribution in [2.45, 2.75) is 6.54 Å². The fourth-order valence-corrected chi connectivity index (χ4v) is 1.62. The molecule has 0 spiro atoms. The summed E-state index contributed by atoms with van der Waals surface area (Å²) >= 11 is 11.5. The number of phenolic OH excluding ortho intramolecular Hbond substituents is 1. The van der Waals surface area contributed by atoms with Crippen LogP contribution in [0.3, 0.4) is 0 Å². The van der Waals surface area contributed by atoms with Gasteiger partial charge in [-0.3, -0.25) is 0 Å². The second-order valence-corrected chi connectivity index (χ2v) is 3.98. The number of nitrogens with zero attached hydrogens (tertiary/aromatic N) is 1.